The van der Waals surface area contributed by atoms with Crippen LogP contribution in [0.4, 0.5) is 0 Å². The lowest BCUT2D eigenvalue weighted by Gasteiger charge is -2.29. The second-order valence-corrected chi connectivity index (χ2v) is 7.13. The number of carbonyl (C=O) groups is 1. The topological polar surface area (TPSA) is 58.7 Å². The Morgan fingerprint density at radius 1 is 1.46 bits per heavy atom. The number of allylic oxidation sites excluding steroid dienone is 2. The van der Waals surface area contributed by atoms with Crippen molar-refractivity contribution >= 4 is 27.8 Å². The van der Waals surface area contributed by atoms with Crippen LogP contribution in [0.25, 0.3) is 0 Å². The highest BCUT2D eigenvalue weighted by Gasteiger charge is 2.49. The number of halogens is 1. The van der Waals surface area contributed by atoms with Crippen molar-refractivity contribution in [2.24, 2.45) is 10.7 Å². The highest BCUT2D eigenvalue weighted by molar-refractivity contribution is 9.09. The summed E-state index contributed by atoms with van der Waals surface area (Å²) in [5.41, 5.74) is 7.06. The Morgan fingerprint density at radius 3 is 2.62 bits per heavy atom. The molecule has 1 aromatic carbocycles. The van der Waals surface area contributed by atoms with Gasteiger partial charge in [0, 0.05) is 18.3 Å². The first-order valence-electron chi connectivity index (χ1n) is 8.08. The number of guanidine groups is 1. The van der Waals surface area contributed by atoms with E-state index in [2.05, 4.69) is 40.5 Å². The fraction of sp³-hybridized carbons (Fsp3) is 0.368. The molecule has 1 heterocycles. The Morgan fingerprint density at radius 2 is 2.12 bits per heavy atom. The number of hydrogen-bond donors (Lipinski definition) is 1. The minimum Gasteiger partial charge on any atom is -0.369 e. The van der Waals surface area contributed by atoms with Crippen molar-refractivity contribution in [1.29, 1.82) is 0 Å². The highest BCUT2D eigenvalue weighted by atomic mass is 79.9. The molecule has 0 bridgehead atoms. The van der Waals surface area contributed by atoms with Gasteiger partial charge in [0.1, 0.15) is 0 Å². The van der Waals surface area contributed by atoms with Crippen LogP contribution in [-0.4, -0.2) is 34.2 Å². The highest BCUT2D eigenvalue weighted by Crippen LogP contribution is 2.36. The maximum atomic E-state index is 13.1. The van der Waals surface area contributed by atoms with Gasteiger partial charge in [-0.2, -0.15) is 0 Å². The third kappa shape index (κ3) is 3.61. The predicted octanol–water partition coefficient (Wildman–Crippen LogP) is 3.43. The van der Waals surface area contributed by atoms with E-state index < -0.39 is 5.54 Å². The summed E-state index contributed by atoms with van der Waals surface area (Å²) >= 11 is 3.59. The lowest BCUT2D eigenvalue weighted by atomic mass is 9.80. The molecule has 0 saturated carbocycles. The molecule has 4 nitrogen and oxygen atoms in total. The zero-order chi connectivity index (χ0) is 17.7. The molecule has 0 saturated heterocycles. The van der Waals surface area contributed by atoms with Gasteiger partial charge in [0.15, 0.2) is 11.5 Å². The van der Waals surface area contributed by atoms with Gasteiger partial charge < -0.3 is 5.73 Å². The Bertz CT molecular complexity index is 668. The Kier molecular flexibility index (Phi) is 5.99. The monoisotopic (exact) mass is 389 g/mol. The van der Waals surface area contributed by atoms with Crippen LogP contribution in [0.5, 0.6) is 0 Å². The van der Waals surface area contributed by atoms with Gasteiger partial charge in [0.25, 0.3) is 5.91 Å². The molecule has 128 valence electrons. The van der Waals surface area contributed by atoms with Gasteiger partial charge in [-0.1, -0.05) is 65.3 Å². The molecule has 0 spiro atoms. The van der Waals surface area contributed by atoms with E-state index in [1.165, 1.54) is 4.90 Å². The Hall–Kier alpha value is -1.88. The summed E-state index contributed by atoms with van der Waals surface area (Å²) in [4.78, 5) is 19.2. The van der Waals surface area contributed by atoms with Crippen molar-refractivity contribution in [1.82, 2.24) is 4.90 Å². The van der Waals surface area contributed by atoms with Crippen molar-refractivity contribution in [3.8, 4) is 0 Å². The van der Waals surface area contributed by atoms with Crippen molar-refractivity contribution in [2.45, 2.75) is 36.6 Å². The Labute approximate surface area is 152 Å². The van der Waals surface area contributed by atoms with E-state index in [0.717, 1.165) is 17.6 Å². The first-order valence-corrected chi connectivity index (χ1v) is 8.99. The summed E-state index contributed by atoms with van der Waals surface area (Å²) in [5, 5.41) is 0. The third-order valence-corrected chi connectivity index (χ3v) is 4.96. The normalized spacial score (nSPS) is 22.5. The maximum Gasteiger partial charge on any atom is 0.261 e. The van der Waals surface area contributed by atoms with Crippen LogP contribution < -0.4 is 5.73 Å². The van der Waals surface area contributed by atoms with Crippen molar-refractivity contribution in [3.63, 3.8) is 0 Å². The first-order chi connectivity index (χ1) is 11.4. The van der Waals surface area contributed by atoms with E-state index >= 15 is 0 Å². The average Bonchev–Trinajstić information content (AvgIpc) is 2.80. The molecule has 1 aromatic rings. The van der Waals surface area contributed by atoms with Gasteiger partial charge in [0.05, 0.1) is 0 Å². The summed E-state index contributed by atoms with van der Waals surface area (Å²) in [6.07, 6.45) is 5.92. The fourth-order valence-electron chi connectivity index (χ4n) is 2.99. The van der Waals surface area contributed by atoms with Gasteiger partial charge in [0.2, 0.25) is 0 Å². The molecule has 0 aromatic heterocycles. The number of hydrogen-bond acceptors (Lipinski definition) is 3. The lowest BCUT2D eigenvalue weighted by molar-refractivity contribution is -0.129. The van der Waals surface area contributed by atoms with Gasteiger partial charge in [-0.15, -0.1) is 6.58 Å². The van der Waals surface area contributed by atoms with Crippen LogP contribution in [0.2, 0.25) is 0 Å². The maximum absolute atomic E-state index is 13.1. The number of aliphatic imine (C=N–C) groups is 1. The van der Waals surface area contributed by atoms with Gasteiger partial charge in [-0.25, -0.2) is 4.99 Å². The zero-order valence-corrected chi connectivity index (χ0v) is 15.8. The fourth-order valence-corrected chi connectivity index (χ4v) is 3.34. The number of rotatable bonds is 7. The van der Waals surface area contributed by atoms with Crippen molar-refractivity contribution in [2.75, 3.05) is 7.05 Å². The van der Waals surface area contributed by atoms with E-state index in [9.17, 15) is 4.79 Å². The molecule has 1 aliphatic rings. The van der Waals surface area contributed by atoms with Crippen LogP contribution in [0, 0.1) is 0 Å². The molecule has 0 aliphatic carbocycles. The number of nitrogens with zero attached hydrogens (tertiary/aromatic N) is 2. The van der Waals surface area contributed by atoms with Crippen LogP contribution in [0.3, 0.4) is 0 Å². The molecule has 0 fully saturated rings. The van der Waals surface area contributed by atoms with Crippen molar-refractivity contribution in [3.05, 3.63) is 60.2 Å². The number of likely N-dealkylation sites (N-methyl/N-ethyl adjacent to an activating group) is 1. The molecule has 5 heteroatoms. The number of amides is 1. The van der Waals surface area contributed by atoms with E-state index in [1.807, 2.05) is 36.4 Å². The molecular weight excluding hydrogens is 366 g/mol. The minimum absolute atomic E-state index is 0.0766. The molecule has 2 N–H and O–H groups in total. The number of nitrogens with two attached hydrogens (primary N) is 1. The molecular formula is C19H24BrN3O. The third-order valence-electron chi connectivity index (χ3n) is 4.26. The van der Waals surface area contributed by atoms with E-state index in [-0.39, 0.29) is 16.7 Å². The number of benzene rings is 1. The van der Waals surface area contributed by atoms with Crippen LogP contribution in [0.15, 0.2) is 59.6 Å². The molecule has 1 amide bonds. The standard InChI is InChI=1S/C19H24BrN3O/c1-4-9-15(12-16(20)5-2)19(13-14-10-7-6-8-11-14)17(24)23(3)18(21)22-19/h5-11,16H,2,4,12-13H2,1,3H3,(H2,21,22)/b15-9+. The minimum atomic E-state index is -0.967. The molecule has 2 unspecified atom stereocenters. The first kappa shape index (κ1) is 18.5. The quantitative estimate of drug-likeness (QED) is 0.573. The van der Waals surface area contributed by atoms with E-state index in [4.69, 9.17) is 5.73 Å². The SMILES string of the molecule is C=CC(Br)C/C(=C\CC)C1(Cc2ccccc2)N=C(N)N(C)C1=O. The molecule has 0 radical (unpaired) electrons. The van der Waals surface area contributed by atoms with Crippen LogP contribution in [-0.2, 0) is 11.2 Å². The van der Waals surface area contributed by atoms with Gasteiger partial charge in [-0.05, 0) is 24.0 Å². The summed E-state index contributed by atoms with van der Waals surface area (Å²) in [5.74, 6) is 0.190. The number of carbonyl (C=O) groups excluding carboxylic acids is 1. The molecule has 24 heavy (non-hydrogen) atoms. The molecule has 2 atom stereocenters. The second-order valence-electron chi connectivity index (χ2n) is 5.95. The van der Waals surface area contributed by atoms with Crippen molar-refractivity contribution < 1.29 is 4.79 Å². The summed E-state index contributed by atoms with van der Waals surface area (Å²) in [7, 11) is 1.68. The predicted molar refractivity (Wildman–Crippen MR) is 103 cm³/mol. The second kappa shape index (κ2) is 7.79. The largest absolute Gasteiger partial charge is 0.369 e. The Balaban J connectivity index is 2.52. The van der Waals surface area contributed by atoms with Crippen LogP contribution >= 0.6 is 15.9 Å². The summed E-state index contributed by atoms with van der Waals surface area (Å²) < 4.78 is 0. The lowest BCUT2D eigenvalue weighted by Crippen LogP contribution is -2.45. The molecule has 2 rings (SSSR count). The smallest absolute Gasteiger partial charge is 0.261 e. The van der Waals surface area contributed by atoms with E-state index in [0.29, 0.717) is 12.8 Å². The van der Waals surface area contributed by atoms with Crippen LogP contribution in [0.1, 0.15) is 25.3 Å². The summed E-state index contributed by atoms with van der Waals surface area (Å²) in [6, 6.07) is 9.94. The number of alkyl halides is 1. The van der Waals surface area contributed by atoms with Gasteiger partial charge in [-0.3, -0.25) is 9.69 Å². The average molecular weight is 390 g/mol. The molecule has 1 aliphatic heterocycles. The zero-order valence-electron chi connectivity index (χ0n) is 14.2. The van der Waals surface area contributed by atoms with E-state index in [1.54, 1.807) is 7.05 Å². The van der Waals surface area contributed by atoms with Gasteiger partial charge >= 0.3 is 0 Å². The summed E-state index contributed by atoms with van der Waals surface area (Å²) in [6.45, 7) is 5.89.